The smallest absolute Gasteiger partial charge is 0.255 e. The number of nitrogens with zero attached hydrogens (tertiary/aromatic N) is 1. The van der Waals surface area contributed by atoms with Gasteiger partial charge in [0.2, 0.25) is 0 Å². The van der Waals surface area contributed by atoms with Crippen LogP contribution < -0.4 is 15.0 Å². The highest BCUT2D eigenvalue weighted by Gasteiger charge is 2.12. The lowest BCUT2D eigenvalue weighted by atomic mass is 10.1. The van der Waals surface area contributed by atoms with E-state index in [4.69, 9.17) is 4.74 Å². The first-order valence-corrected chi connectivity index (χ1v) is 8.48. The van der Waals surface area contributed by atoms with Crippen molar-refractivity contribution in [3.8, 4) is 5.75 Å². The molecule has 1 fully saturated rings. The predicted octanol–water partition coefficient (Wildman–Crippen LogP) is 4.25. The van der Waals surface area contributed by atoms with Crippen LogP contribution in [0.5, 0.6) is 5.75 Å². The fourth-order valence-corrected chi connectivity index (χ4v) is 3.13. The van der Waals surface area contributed by atoms with E-state index in [0.29, 0.717) is 5.56 Å². The Balaban J connectivity index is 1.67. The van der Waals surface area contributed by atoms with E-state index < -0.39 is 0 Å². The highest BCUT2D eigenvalue weighted by atomic mass is 16.5. The Morgan fingerprint density at radius 3 is 2.38 bits per heavy atom. The third-order valence-corrected chi connectivity index (χ3v) is 4.50. The van der Waals surface area contributed by atoms with Gasteiger partial charge in [-0.2, -0.15) is 0 Å². The average molecular weight is 324 g/mol. The van der Waals surface area contributed by atoms with E-state index in [2.05, 4.69) is 22.3 Å². The lowest BCUT2D eigenvalue weighted by molar-refractivity contribution is 0.102. The number of hydrogen-bond acceptors (Lipinski definition) is 3. The minimum Gasteiger partial charge on any atom is -0.496 e. The monoisotopic (exact) mass is 324 g/mol. The van der Waals surface area contributed by atoms with Crippen LogP contribution >= 0.6 is 0 Å². The minimum atomic E-state index is -0.105. The van der Waals surface area contributed by atoms with Gasteiger partial charge in [0.15, 0.2) is 0 Å². The fourth-order valence-electron chi connectivity index (χ4n) is 3.13. The molecule has 0 spiro atoms. The summed E-state index contributed by atoms with van der Waals surface area (Å²) in [7, 11) is 1.63. The molecule has 126 valence electrons. The van der Waals surface area contributed by atoms with Gasteiger partial charge >= 0.3 is 0 Å². The number of benzene rings is 2. The van der Waals surface area contributed by atoms with E-state index in [1.54, 1.807) is 13.2 Å². The molecular formula is C20H24N2O2. The summed E-state index contributed by atoms with van der Waals surface area (Å²) in [5.74, 6) is 0.684. The molecule has 0 saturated carbocycles. The van der Waals surface area contributed by atoms with Crippen molar-refractivity contribution >= 4 is 17.3 Å². The molecule has 4 nitrogen and oxygen atoms in total. The lowest BCUT2D eigenvalue weighted by Crippen LogP contribution is -2.29. The third-order valence-electron chi connectivity index (χ3n) is 4.50. The Morgan fingerprint density at radius 1 is 1.04 bits per heavy atom. The van der Waals surface area contributed by atoms with E-state index >= 15 is 0 Å². The Morgan fingerprint density at radius 2 is 1.75 bits per heavy atom. The Bertz CT molecular complexity index is 704. The number of methoxy groups -OCH3 is 1. The Hall–Kier alpha value is -2.49. The maximum absolute atomic E-state index is 12.4. The second kappa shape index (κ2) is 7.39. The lowest BCUT2D eigenvalue weighted by Gasteiger charge is -2.28. The number of carbonyl (C=O) groups excluding carboxylic acids is 1. The molecule has 0 atom stereocenters. The van der Waals surface area contributed by atoms with Crippen molar-refractivity contribution in [2.24, 2.45) is 0 Å². The number of piperidine rings is 1. The van der Waals surface area contributed by atoms with E-state index in [1.807, 2.05) is 31.2 Å². The van der Waals surface area contributed by atoms with Gasteiger partial charge in [-0.25, -0.2) is 0 Å². The number of nitrogens with one attached hydrogen (secondary N) is 1. The quantitative estimate of drug-likeness (QED) is 0.914. The van der Waals surface area contributed by atoms with Crippen molar-refractivity contribution in [2.75, 3.05) is 30.4 Å². The zero-order valence-electron chi connectivity index (χ0n) is 14.3. The molecule has 0 bridgehead atoms. The number of anilines is 2. The third kappa shape index (κ3) is 3.70. The maximum Gasteiger partial charge on any atom is 0.255 e. The molecule has 1 amide bonds. The van der Waals surface area contributed by atoms with Crippen LogP contribution in [0.15, 0.2) is 42.5 Å². The van der Waals surface area contributed by atoms with E-state index in [-0.39, 0.29) is 5.91 Å². The molecule has 0 radical (unpaired) electrons. The molecule has 1 aliphatic heterocycles. The van der Waals surface area contributed by atoms with Crippen LogP contribution in [0, 0.1) is 6.92 Å². The molecular weight excluding hydrogens is 300 g/mol. The van der Waals surface area contributed by atoms with Gasteiger partial charge in [0, 0.05) is 30.0 Å². The van der Waals surface area contributed by atoms with Crippen LogP contribution in [0.1, 0.15) is 35.2 Å². The van der Waals surface area contributed by atoms with Gasteiger partial charge < -0.3 is 15.0 Å². The molecule has 3 rings (SSSR count). The summed E-state index contributed by atoms with van der Waals surface area (Å²) < 4.78 is 5.23. The van der Waals surface area contributed by atoms with Crippen LogP contribution in [0.25, 0.3) is 0 Å². The summed E-state index contributed by atoms with van der Waals surface area (Å²) in [6.45, 7) is 4.18. The van der Waals surface area contributed by atoms with Crippen LogP contribution in [-0.4, -0.2) is 26.1 Å². The number of amides is 1. The summed E-state index contributed by atoms with van der Waals surface area (Å²) in [4.78, 5) is 14.8. The van der Waals surface area contributed by atoms with Crippen molar-refractivity contribution in [1.29, 1.82) is 0 Å². The van der Waals surface area contributed by atoms with Gasteiger partial charge in [-0.1, -0.05) is 0 Å². The number of aryl methyl sites for hydroxylation is 1. The van der Waals surface area contributed by atoms with Gasteiger partial charge in [0.05, 0.1) is 7.11 Å². The average Bonchev–Trinajstić information content (AvgIpc) is 2.63. The number of rotatable bonds is 4. The largest absolute Gasteiger partial charge is 0.496 e. The predicted molar refractivity (Wildman–Crippen MR) is 98.2 cm³/mol. The zero-order valence-corrected chi connectivity index (χ0v) is 14.3. The van der Waals surface area contributed by atoms with Crippen molar-refractivity contribution in [3.63, 3.8) is 0 Å². The highest BCUT2D eigenvalue weighted by molar-refractivity contribution is 6.04. The number of ether oxygens (including phenoxy) is 1. The second-order valence-electron chi connectivity index (χ2n) is 6.23. The van der Waals surface area contributed by atoms with Crippen molar-refractivity contribution < 1.29 is 9.53 Å². The summed E-state index contributed by atoms with van der Waals surface area (Å²) in [6.07, 6.45) is 3.84. The standard InChI is InChI=1S/C20H24N2O2/c1-15-14-16(6-11-19(15)24-2)20(23)21-17-7-9-18(10-8-17)22-12-4-3-5-13-22/h6-11,14H,3-5,12-13H2,1-2H3,(H,21,23). The van der Waals surface area contributed by atoms with Crippen molar-refractivity contribution in [3.05, 3.63) is 53.6 Å². The van der Waals surface area contributed by atoms with E-state index in [1.165, 1.54) is 24.9 Å². The zero-order chi connectivity index (χ0) is 16.9. The first-order chi connectivity index (χ1) is 11.7. The summed E-state index contributed by atoms with van der Waals surface area (Å²) in [5.41, 5.74) is 3.63. The Kier molecular flexibility index (Phi) is 5.04. The van der Waals surface area contributed by atoms with Gasteiger partial charge in [0.25, 0.3) is 5.91 Å². The van der Waals surface area contributed by atoms with Crippen LogP contribution in [-0.2, 0) is 0 Å². The van der Waals surface area contributed by atoms with Gasteiger partial charge in [0.1, 0.15) is 5.75 Å². The Labute approximate surface area is 143 Å². The molecule has 0 aliphatic carbocycles. The number of hydrogen-bond donors (Lipinski definition) is 1. The van der Waals surface area contributed by atoms with Gasteiger partial charge in [-0.05, 0) is 74.2 Å². The van der Waals surface area contributed by atoms with Crippen LogP contribution in [0.2, 0.25) is 0 Å². The fraction of sp³-hybridized carbons (Fsp3) is 0.350. The normalized spacial score (nSPS) is 14.3. The summed E-state index contributed by atoms with van der Waals surface area (Å²) in [5, 5.41) is 2.95. The minimum absolute atomic E-state index is 0.105. The molecule has 1 saturated heterocycles. The van der Waals surface area contributed by atoms with Crippen molar-refractivity contribution in [2.45, 2.75) is 26.2 Å². The first kappa shape index (κ1) is 16.4. The van der Waals surface area contributed by atoms with Crippen molar-refractivity contribution in [1.82, 2.24) is 0 Å². The van der Waals surface area contributed by atoms with E-state index in [0.717, 1.165) is 30.1 Å². The maximum atomic E-state index is 12.4. The second-order valence-corrected chi connectivity index (χ2v) is 6.23. The first-order valence-electron chi connectivity index (χ1n) is 8.48. The molecule has 0 unspecified atom stereocenters. The topological polar surface area (TPSA) is 41.6 Å². The number of carbonyl (C=O) groups is 1. The molecule has 1 N–H and O–H groups in total. The molecule has 1 heterocycles. The summed E-state index contributed by atoms with van der Waals surface area (Å²) >= 11 is 0. The molecule has 0 aromatic heterocycles. The van der Waals surface area contributed by atoms with E-state index in [9.17, 15) is 4.79 Å². The molecule has 24 heavy (non-hydrogen) atoms. The summed E-state index contributed by atoms with van der Waals surface area (Å²) in [6, 6.07) is 13.6. The molecule has 2 aromatic rings. The van der Waals surface area contributed by atoms with Gasteiger partial charge in [-0.15, -0.1) is 0 Å². The van der Waals surface area contributed by atoms with Gasteiger partial charge in [-0.3, -0.25) is 4.79 Å². The molecule has 2 aromatic carbocycles. The van der Waals surface area contributed by atoms with Crippen LogP contribution in [0.3, 0.4) is 0 Å². The SMILES string of the molecule is COc1ccc(C(=O)Nc2ccc(N3CCCCC3)cc2)cc1C. The molecule has 4 heteroatoms. The molecule has 1 aliphatic rings. The van der Waals surface area contributed by atoms with Crippen LogP contribution in [0.4, 0.5) is 11.4 Å². The highest BCUT2D eigenvalue weighted by Crippen LogP contribution is 2.23.